The Bertz CT molecular complexity index is 819. The van der Waals surface area contributed by atoms with Crippen LogP contribution in [0.25, 0.3) is 10.3 Å². The van der Waals surface area contributed by atoms with Crippen LogP contribution in [0.1, 0.15) is 29.5 Å². The lowest BCUT2D eigenvalue weighted by atomic mass is 10.2. The predicted octanol–water partition coefficient (Wildman–Crippen LogP) is 3.56. The fourth-order valence-corrected chi connectivity index (χ4v) is 3.92. The van der Waals surface area contributed by atoms with E-state index < -0.39 is 0 Å². The second kappa shape index (κ2) is 6.52. The quantitative estimate of drug-likeness (QED) is 0.729. The van der Waals surface area contributed by atoms with Gasteiger partial charge in [-0.1, -0.05) is 41.7 Å². The number of carbonyl (C=O) groups is 1. The molecule has 3 aromatic rings. The first-order valence-electron chi connectivity index (χ1n) is 7.85. The lowest BCUT2D eigenvalue weighted by Gasteiger charge is -2.22. The van der Waals surface area contributed by atoms with Gasteiger partial charge in [0.2, 0.25) is 0 Å². The molecule has 1 aliphatic heterocycles. The van der Waals surface area contributed by atoms with Crippen LogP contribution >= 0.6 is 11.3 Å². The summed E-state index contributed by atoms with van der Waals surface area (Å²) in [5.74, 6) is 0. The van der Waals surface area contributed by atoms with Gasteiger partial charge in [-0.2, -0.15) is 0 Å². The molecule has 1 unspecified atom stereocenters. The highest BCUT2D eigenvalue weighted by Crippen LogP contribution is 2.36. The fourth-order valence-electron chi connectivity index (χ4n) is 2.89. The van der Waals surface area contributed by atoms with E-state index in [1.165, 1.54) is 17.7 Å². The number of carbonyl (C=O) groups excluding carboxylic acids is 1. The van der Waals surface area contributed by atoms with Crippen molar-refractivity contribution in [1.29, 1.82) is 0 Å². The van der Waals surface area contributed by atoms with E-state index in [2.05, 4.69) is 15.0 Å². The van der Waals surface area contributed by atoms with Crippen molar-refractivity contribution >= 4 is 27.8 Å². The summed E-state index contributed by atoms with van der Waals surface area (Å²) in [7, 11) is 0. The van der Waals surface area contributed by atoms with Crippen LogP contribution in [0.3, 0.4) is 0 Å². The van der Waals surface area contributed by atoms with Crippen molar-refractivity contribution in [3.63, 3.8) is 0 Å². The molecule has 0 aliphatic carbocycles. The summed E-state index contributed by atoms with van der Waals surface area (Å²) in [6.45, 7) is 0.980. The molecule has 6 nitrogen and oxygen atoms in total. The lowest BCUT2D eigenvalue weighted by molar-refractivity contribution is 0.0920. The fraction of sp³-hybridized carbons (Fsp3) is 0.294. The van der Waals surface area contributed by atoms with Gasteiger partial charge in [0.15, 0.2) is 0 Å². The molecule has 122 valence electrons. The number of aromatic nitrogens is 3. The molecule has 2 aromatic heterocycles. The van der Waals surface area contributed by atoms with Gasteiger partial charge in [0.25, 0.3) is 0 Å². The normalized spacial score (nSPS) is 17.3. The summed E-state index contributed by atoms with van der Waals surface area (Å²) in [6, 6.07) is 9.67. The first kappa shape index (κ1) is 15.0. The number of ether oxygens (including phenoxy) is 1. The molecule has 0 N–H and O–H groups in total. The Hall–Kier alpha value is -2.54. The number of fused-ring (bicyclic) bond motifs is 1. The standard InChI is InChI=1S/C17H16N4O2S/c22-17(23-10-12-5-2-1-3-6-12)21-8-4-7-14(21)16-20-13-9-18-11-19-15(13)24-16/h1-3,5-6,9,11,14H,4,7-8,10H2. The molecule has 0 spiro atoms. The van der Waals surface area contributed by atoms with Gasteiger partial charge in [0, 0.05) is 6.54 Å². The van der Waals surface area contributed by atoms with Gasteiger partial charge < -0.3 is 4.74 Å². The Labute approximate surface area is 143 Å². The van der Waals surface area contributed by atoms with Crippen molar-refractivity contribution in [3.05, 3.63) is 53.4 Å². The van der Waals surface area contributed by atoms with Crippen molar-refractivity contribution in [2.24, 2.45) is 0 Å². The Balaban J connectivity index is 1.48. The van der Waals surface area contributed by atoms with Crippen LogP contribution < -0.4 is 0 Å². The Kier molecular flexibility index (Phi) is 4.08. The Morgan fingerprint density at radius 3 is 3.04 bits per heavy atom. The average Bonchev–Trinajstić information content (AvgIpc) is 3.26. The topological polar surface area (TPSA) is 68.2 Å². The molecule has 1 fully saturated rings. The number of hydrogen-bond acceptors (Lipinski definition) is 6. The third-order valence-electron chi connectivity index (χ3n) is 4.07. The molecular formula is C17H16N4O2S. The molecule has 1 aliphatic rings. The molecule has 1 atom stereocenters. The summed E-state index contributed by atoms with van der Waals surface area (Å²) >= 11 is 1.52. The molecule has 4 rings (SSSR count). The van der Waals surface area contributed by atoms with Gasteiger partial charge >= 0.3 is 6.09 Å². The van der Waals surface area contributed by atoms with Crippen molar-refractivity contribution < 1.29 is 9.53 Å². The summed E-state index contributed by atoms with van der Waals surface area (Å²) < 4.78 is 5.47. The Morgan fingerprint density at radius 2 is 2.21 bits per heavy atom. The van der Waals surface area contributed by atoms with Crippen LogP contribution in [0.4, 0.5) is 4.79 Å². The zero-order chi connectivity index (χ0) is 16.4. The summed E-state index contributed by atoms with van der Waals surface area (Å²) in [5, 5.41) is 0.902. The number of thiazole rings is 1. The van der Waals surface area contributed by atoms with E-state index in [4.69, 9.17) is 4.74 Å². The zero-order valence-corrected chi connectivity index (χ0v) is 13.8. The highest BCUT2D eigenvalue weighted by molar-refractivity contribution is 7.18. The number of nitrogens with zero attached hydrogens (tertiary/aromatic N) is 4. The minimum Gasteiger partial charge on any atom is -0.445 e. The first-order chi connectivity index (χ1) is 11.8. The van der Waals surface area contributed by atoms with E-state index in [-0.39, 0.29) is 18.7 Å². The molecule has 3 heterocycles. The van der Waals surface area contributed by atoms with E-state index in [1.54, 1.807) is 11.1 Å². The number of rotatable bonds is 3. The molecular weight excluding hydrogens is 324 g/mol. The molecule has 7 heteroatoms. The van der Waals surface area contributed by atoms with Gasteiger partial charge in [0.1, 0.15) is 28.3 Å². The lowest BCUT2D eigenvalue weighted by Crippen LogP contribution is -2.31. The van der Waals surface area contributed by atoms with Gasteiger partial charge in [-0.3, -0.25) is 4.90 Å². The van der Waals surface area contributed by atoms with Crippen LogP contribution in [0.2, 0.25) is 0 Å². The maximum atomic E-state index is 12.5. The van der Waals surface area contributed by atoms with Crippen LogP contribution in [-0.4, -0.2) is 32.5 Å². The number of hydrogen-bond donors (Lipinski definition) is 0. The van der Waals surface area contributed by atoms with Crippen molar-refractivity contribution in [1.82, 2.24) is 19.9 Å². The molecule has 1 saturated heterocycles. The maximum absolute atomic E-state index is 12.5. The summed E-state index contributed by atoms with van der Waals surface area (Å²) in [6.07, 6.45) is 4.78. The van der Waals surface area contributed by atoms with Crippen LogP contribution in [-0.2, 0) is 11.3 Å². The minimum atomic E-state index is -0.285. The van der Waals surface area contributed by atoms with Crippen molar-refractivity contribution in [3.8, 4) is 0 Å². The van der Waals surface area contributed by atoms with Gasteiger partial charge in [-0.25, -0.2) is 19.7 Å². The van der Waals surface area contributed by atoms with Crippen LogP contribution in [0, 0.1) is 0 Å². The summed E-state index contributed by atoms with van der Waals surface area (Å²) in [5.41, 5.74) is 1.76. The zero-order valence-electron chi connectivity index (χ0n) is 13.0. The predicted molar refractivity (Wildman–Crippen MR) is 90.5 cm³/mol. The van der Waals surface area contributed by atoms with Crippen molar-refractivity contribution in [2.45, 2.75) is 25.5 Å². The van der Waals surface area contributed by atoms with Crippen LogP contribution in [0.15, 0.2) is 42.9 Å². The smallest absolute Gasteiger partial charge is 0.410 e. The van der Waals surface area contributed by atoms with Gasteiger partial charge in [-0.15, -0.1) is 0 Å². The van der Waals surface area contributed by atoms with E-state index in [0.717, 1.165) is 33.8 Å². The number of benzene rings is 1. The van der Waals surface area contributed by atoms with Gasteiger partial charge in [0.05, 0.1) is 12.2 Å². The summed E-state index contributed by atoms with van der Waals surface area (Å²) in [4.78, 5) is 27.9. The molecule has 24 heavy (non-hydrogen) atoms. The molecule has 1 amide bonds. The number of likely N-dealkylation sites (tertiary alicyclic amines) is 1. The highest BCUT2D eigenvalue weighted by Gasteiger charge is 2.33. The maximum Gasteiger partial charge on any atom is 0.410 e. The van der Waals surface area contributed by atoms with Crippen molar-refractivity contribution in [2.75, 3.05) is 6.54 Å². The van der Waals surface area contributed by atoms with E-state index in [1.807, 2.05) is 30.3 Å². The molecule has 0 radical (unpaired) electrons. The molecule has 0 saturated carbocycles. The van der Waals surface area contributed by atoms with Crippen LogP contribution in [0.5, 0.6) is 0 Å². The largest absolute Gasteiger partial charge is 0.445 e. The molecule has 0 bridgehead atoms. The third-order valence-corrected chi connectivity index (χ3v) is 5.15. The van der Waals surface area contributed by atoms with E-state index in [0.29, 0.717) is 6.54 Å². The molecule has 1 aromatic carbocycles. The SMILES string of the molecule is O=C(OCc1ccccc1)N1CCCC1c1nc2cncnc2s1. The highest BCUT2D eigenvalue weighted by atomic mass is 32.1. The average molecular weight is 340 g/mol. The van der Waals surface area contributed by atoms with E-state index >= 15 is 0 Å². The number of amides is 1. The second-order valence-electron chi connectivity index (χ2n) is 5.66. The first-order valence-corrected chi connectivity index (χ1v) is 8.66. The van der Waals surface area contributed by atoms with Gasteiger partial charge in [-0.05, 0) is 18.4 Å². The second-order valence-corrected chi connectivity index (χ2v) is 6.67. The Morgan fingerprint density at radius 1 is 1.33 bits per heavy atom. The minimum absolute atomic E-state index is 0.0347. The van der Waals surface area contributed by atoms with E-state index in [9.17, 15) is 4.79 Å². The third kappa shape index (κ3) is 2.94. The monoisotopic (exact) mass is 340 g/mol.